The van der Waals surface area contributed by atoms with E-state index in [0.717, 1.165) is 11.3 Å². The molecule has 1 saturated heterocycles. The maximum absolute atomic E-state index is 9.99. The molecule has 6 heteroatoms. The Morgan fingerprint density at radius 1 is 1.26 bits per heavy atom. The van der Waals surface area contributed by atoms with Gasteiger partial charge in [-0.05, 0) is 42.8 Å². The summed E-state index contributed by atoms with van der Waals surface area (Å²) < 4.78 is 24.2. The number of hydrogen-bond donors (Lipinski definition) is 1. The number of aliphatic hydroxyl groups is 1. The maximum Gasteiger partial charge on any atom is 0.192 e. The molecule has 1 aromatic rings. The average molecular weight is 451 g/mol. The Morgan fingerprint density at radius 2 is 1.87 bits per heavy atom. The lowest BCUT2D eigenvalue weighted by molar-refractivity contribution is 0.0383. The van der Waals surface area contributed by atoms with E-state index < -0.39 is 13.9 Å². The third-order valence-corrected chi connectivity index (χ3v) is 11.4. The fourth-order valence-corrected chi connectivity index (χ4v) is 5.14. The van der Waals surface area contributed by atoms with Crippen molar-refractivity contribution < 1.29 is 23.7 Å². The number of epoxide rings is 1. The Kier molecular flexibility index (Phi) is 8.56. The highest BCUT2D eigenvalue weighted by Crippen LogP contribution is 2.50. The van der Waals surface area contributed by atoms with Gasteiger partial charge in [-0.15, -0.1) is 6.58 Å². The molecule has 0 saturated carbocycles. The topological polar surface area (TPSA) is 60.5 Å². The van der Waals surface area contributed by atoms with E-state index in [9.17, 15) is 5.11 Å². The maximum atomic E-state index is 9.99. The minimum atomic E-state index is -2.06. The molecule has 5 nitrogen and oxygen atoms in total. The van der Waals surface area contributed by atoms with Crippen LogP contribution in [0.3, 0.4) is 0 Å². The van der Waals surface area contributed by atoms with Crippen LogP contribution in [0.2, 0.25) is 18.1 Å². The number of aliphatic hydroxyl groups excluding tert-OH is 1. The van der Waals surface area contributed by atoms with E-state index >= 15 is 0 Å². The van der Waals surface area contributed by atoms with Crippen molar-refractivity contribution in [3.8, 4) is 5.75 Å². The molecule has 0 radical (unpaired) electrons. The number of methoxy groups -OCH3 is 1. The minimum Gasteiger partial charge on any atom is -0.497 e. The number of ether oxygens (including phenoxy) is 3. The smallest absolute Gasteiger partial charge is 0.192 e. The molecule has 1 aliphatic rings. The molecule has 0 aliphatic carbocycles. The molecule has 5 atom stereocenters. The van der Waals surface area contributed by atoms with Crippen molar-refractivity contribution in [3.05, 3.63) is 42.5 Å². The molecular formula is C25H42O5Si. The van der Waals surface area contributed by atoms with Crippen LogP contribution in [-0.2, 0) is 20.5 Å². The molecule has 2 rings (SSSR count). The first-order valence-electron chi connectivity index (χ1n) is 11.2. The van der Waals surface area contributed by atoms with Crippen molar-refractivity contribution in [2.24, 2.45) is 11.8 Å². The largest absolute Gasteiger partial charge is 0.497 e. The van der Waals surface area contributed by atoms with Crippen LogP contribution in [0.5, 0.6) is 5.75 Å². The van der Waals surface area contributed by atoms with Crippen LogP contribution in [0.25, 0.3) is 0 Å². The lowest BCUT2D eigenvalue weighted by atomic mass is 9.86. The minimum absolute atomic E-state index is 0.00316. The summed E-state index contributed by atoms with van der Waals surface area (Å²) in [6, 6.07) is 7.91. The summed E-state index contributed by atoms with van der Waals surface area (Å²) in [5, 5.41) is 10.1. The molecule has 0 bridgehead atoms. The van der Waals surface area contributed by atoms with Crippen LogP contribution in [0, 0.1) is 11.8 Å². The van der Waals surface area contributed by atoms with Gasteiger partial charge in [-0.3, -0.25) is 0 Å². The Bertz CT molecular complexity index is 712. The quantitative estimate of drug-likeness (QED) is 0.270. The third-order valence-electron chi connectivity index (χ3n) is 6.91. The van der Waals surface area contributed by atoms with E-state index in [1.165, 1.54) is 0 Å². The van der Waals surface area contributed by atoms with E-state index in [4.69, 9.17) is 18.6 Å². The molecule has 0 spiro atoms. The summed E-state index contributed by atoms with van der Waals surface area (Å²) in [7, 11) is -0.393. The Balaban J connectivity index is 2.01. The van der Waals surface area contributed by atoms with E-state index in [0.29, 0.717) is 13.2 Å². The van der Waals surface area contributed by atoms with Crippen molar-refractivity contribution in [2.45, 2.75) is 77.2 Å². The van der Waals surface area contributed by atoms with Crippen molar-refractivity contribution in [1.82, 2.24) is 0 Å². The molecule has 0 unspecified atom stereocenters. The van der Waals surface area contributed by atoms with Crippen molar-refractivity contribution in [3.63, 3.8) is 0 Å². The summed E-state index contributed by atoms with van der Waals surface area (Å²) in [6.45, 7) is 20.5. The fraction of sp³-hybridized carbons (Fsp3) is 0.680. The van der Waals surface area contributed by atoms with Crippen LogP contribution in [0.15, 0.2) is 36.9 Å². The number of hydrogen-bond acceptors (Lipinski definition) is 5. The molecule has 0 aromatic heterocycles. The van der Waals surface area contributed by atoms with Gasteiger partial charge in [-0.1, -0.05) is 45.9 Å². The average Bonchev–Trinajstić information content (AvgIpc) is 3.40. The second-order valence-corrected chi connectivity index (χ2v) is 15.2. The van der Waals surface area contributed by atoms with Gasteiger partial charge in [0.2, 0.25) is 0 Å². The monoisotopic (exact) mass is 450 g/mol. The van der Waals surface area contributed by atoms with Gasteiger partial charge in [-0.2, -0.15) is 0 Å². The van der Waals surface area contributed by atoms with Crippen molar-refractivity contribution >= 4 is 8.32 Å². The van der Waals surface area contributed by atoms with Gasteiger partial charge in [0.15, 0.2) is 8.32 Å². The SMILES string of the molecule is C=C[C@H](CO)[C@H](O[Si](C)(C)C(C)(C)C)[C@]1(C)O[C@@H]1[C@@H](C)COCc1ccc(OC)cc1. The van der Waals surface area contributed by atoms with Gasteiger partial charge < -0.3 is 23.7 Å². The second kappa shape index (κ2) is 10.2. The van der Waals surface area contributed by atoms with Gasteiger partial charge in [0.25, 0.3) is 0 Å². The Morgan fingerprint density at radius 3 is 2.35 bits per heavy atom. The molecule has 0 amide bonds. The first-order valence-corrected chi connectivity index (χ1v) is 14.1. The Labute approximate surface area is 189 Å². The highest BCUT2D eigenvalue weighted by atomic mass is 28.4. The van der Waals surface area contributed by atoms with Gasteiger partial charge in [0.1, 0.15) is 11.4 Å². The van der Waals surface area contributed by atoms with Crippen molar-refractivity contribution in [1.29, 1.82) is 0 Å². The standard InChI is InChI=1S/C25H42O5Si/c1-10-20(15-26)23(30-31(8,9)24(3,4)5)25(6)22(29-25)18(2)16-28-17-19-11-13-21(27-7)14-12-19/h10-14,18,20,22-23,26H,1,15-17H2,2-9H3/t18-,20+,22+,23-,25+/m0/s1. The van der Waals surface area contributed by atoms with E-state index in [1.54, 1.807) is 13.2 Å². The third kappa shape index (κ3) is 6.20. The molecule has 1 aromatic carbocycles. The molecular weight excluding hydrogens is 408 g/mol. The highest BCUT2D eigenvalue weighted by molar-refractivity contribution is 6.74. The zero-order chi connectivity index (χ0) is 23.4. The summed E-state index contributed by atoms with van der Waals surface area (Å²) in [5.74, 6) is 0.877. The van der Waals surface area contributed by atoms with E-state index in [1.807, 2.05) is 24.3 Å². The molecule has 1 N–H and O–H groups in total. The molecule has 1 fully saturated rings. The number of benzene rings is 1. The normalized spacial score (nSPS) is 24.4. The van der Waals surface area contributed by atoms with Crippen molar-refractivity contribution in [2.75, 3.05) is 20.3 Å². The van der Waals surface area contributed by atoms with Crippen LogP contribution in [0.4, 0.5) is 0 Å². The first kappa shape index (κ1) is 26.1. The van der Waals surface area contributed by atoms with Gasteiger partial charge in [0, 0.05) is 11.8 Å². The zero-order valence-electron chi connectivity index (χ0n) is 20.6. The highest BCUT2D eigenvalue weighted by Gasteiger charge is 2.62. The lowest BCUT2D eigenvalue weighted by Crippen LogP contribution is -2.51. The van der Waals surface area contributed by atoms with Crippen LogP contribution >= 0.6 is 0 Å². The summed E-state index contributed by atoms with van der Waals surface area (Å²) >= 11 is 0. The molecule has 31 heavy (non-hydrogen) atoms. The predicted molar refractivity (Wildman–Crippen MR) is 128 cm³/mol. The van der Waals surface area contributed by atoms with Gasteiger partial charge >= 0.3 is 0 Å². The summed E-state index contributed by atoms with van der Waals surface area (Å²) in [5.41, 5.74) is 0.651. The lowest BCUT2D eigenvalue weighted by Gasteiger charge is -2.42. The zero-order valence-corrected chi connectivity index (χ0v) is 21.6. The van der Waals surface area contributed by atoms with Gasteiger partial charge in [0.05, 0.1) is 39.1 Å². The Hall–Kier alpha value is -1.18. The van der Waals surface area contributed by atoms with Gasteiger partial charge in [-0.25, -0.2) is 0 Å². The second-order valence-electron chi connectivity index (χ2n) is 10.4. The molecule has 176 valence electrons. The summed E-state index contributed by atoms with van der Waals surface area (Å²) in [6.07, 6.45) is 1.59. The summed E-state index contributed by atoms with van der Waals surface area (Å²) in [4.78, 5) is 0. The van der Waals surface area contributed by atoms with Crippen LogP contribution in [-0.4, -0.2) is 51.6 Å². The number of rotatable bonds is 12. The fourth-order valence-electron chi connectivity index (χ4n) is 3.74. The predicted octanol–water partition coefficient (Wildman–Crippen LogP) is 5.19. The van der Waals surface area contributed by atoms with Crippen LogP contribution < -0.4 is 4.74 Å². The van der Waals surface area contributed by atoms with E-state index in [-0.39, 0.29) is 35.7 Å². The molecule has 1 heterocycles. The van der Waals surface area contributed by atoms with E-state index in [2.05, 4.69) is 54.3 Å². The first-order chi connectivity index (χ1) is 14.4. The molecule has 1 aliphatic heterocycles. The van der Waals surface area contributed by atoms with Crippen LogP contribution in [0.1, 0.15) is 40.2 Å².